The lowest BCUT2D eigenvalue weighted by Crippen LogP contribution is -2.53. The first-order valence-electron chi connectivity index (χ1n) is 11.9. The lowest BCUT2D eigenvalue weighted by Gasteiger charge is -2.23. The number of carbonyl (C=O) groups is 4. The third-order valence-electron chi connectivity index (χ3n) is 6.73. The van der Waals surface area contributed by atoms with Crippen molar-refractivity contribution >= 4 is 23.4 Å². The Balaban J connectivity index is 0.000000220. The number of ketones is 2. The minimum absolute atomic E-state index is 0.0566. The third kappa shape index (κ3) is 5.28. The Kier molecular flexibility index (Phi) is 9.25. The number of Topliss-reactive ketones (excluding diaryl/α,β-unsaturated/α-hetero) is 2. The molecule has 2 saturated heterocycles. The van der Waals surface area contributed by atoms with Gasteiger partial charge in [0.05, 0.1) is 39.5 Å². The third-order valence-corrected chi connectivity index (χ3v) is 6.73. The van der Waals surface area contributed by atoms with Crippen LogP contribution in [0.5, 0.6) is 11.5 Å². The summed E-state index contributed by atoms with van der Waals surface area (Å²) in [5.41, 5.74) is -5.08. The summed E-state index contributed by atoms with van der Waals surface area (Å²) in [4.78, 5) is 48.0. The van der Waals surface area contributed by atoms with Crippen LogP contribution >= 0.6 is 0 Å². The monoisotopic (exact) mass is 562 g/mol. The Morgan fingerprint density at radius 2 is 1.00 bits per heavy atom. The summed E-state index contributed by atoms with van der Waals surface area (Å²) < 4.78 is 9.88. The van der Waals surface area contributed by atoms with Crippen LogP contribution in [0, 0.1) is 0 Å². The number of benzene rings is 2. The molecule has 14 nitrogen and oxygen atoms in total. The summed E-state index contributed by atoms with van der Waals surface area (Å²) in [6.07, 6.45) is -3.43. The number of methoxy groups -OCH3 is 2. The number of rotatable bonds is 8. The number of carbonyl (C=O) groups excluding carboxylic acids is 4. The van der Waals surface area contributed by atoms with Crippen molar-refractivity contribution < 1.29 is 59.3 Å². The molecule has 0 radical (unpaired) electrons. The Bertz CT molecular complexity index is 1150. The Morgan fingerprint density at radius 1 is 0.700 bits per heavy atom. The zero-order valence-electron chi connectivity index (χ0n) is 21.5. The van der Waals surface area contributed by atoms with Crippen molar-refractivity contribution in [1.29, 1.82) is 0 Å². The fourth-order valence-electron chi connectivity index (χ4n) is 4.26. The van der Waals surface area contributed by atoms with E-state index in [1.165, 1.54) is 62.8 Å². The summed E-state index contributed by atoms with van der Waals surface area (Å²) in [6.45, 7) is -1.16. The highest BCUT2D eigenvalue weighted by Crippen LogP contribution is 2.28. The maximum absolute atomic E-state index is 12.3. The average molecular weight is 563 g/mol. The topological polar surface area (TPSA) is 232 Å². The lowest BCUT2D eigenvalue weighted by atomic mass is 9.87. The predicted octanol–water partition coefficient (Wildman–Crippen LogP) is -3.08. The largest absolute Gasteiger partial charge is 0.497 e. The number of aliphatic hydroxyl groups is 6. The van der Waals surface area contributed by atoms with Crippen LogP contribution in [0.25, 0.3) is 0 Å². The van der Waals surface area contributed by atoms with Crippen molar-refractivity contribution in [3.63, 3.8) is 0 Å². The average Bonchev–Trinajstić information content (AvgIpc) is 3.36. The van der Waals surface area contributed by atoms with E-state index in [2.05, 4.69) is 10.6 Å². The van der Waals surface area contributed by atoms with Crippen LogP contribution in [0.15, 0.2) is 48.5 Å². The van der Waals surface area contributed by atoms with Gasteiger partial charge < -0.3 is 50.7 Å². The molecule has 0 unspecified atom stereocenters. The molecule has 6 atom stereocenters. The minimum atomic E-state index is -2.60. The van der Waals surface area contributed by atoms with Crippen LogP contribution in [0.3, 0.4) is 0 Å². The highest BCUT2D eigenvalue weighted by atomic mass is 16.5. The zero-order valence-corrected chi connectivity index (χ0v) is 21.5. The van der Waals surface area contributed by atoms with Gasteiger partial charge in [0.25, 0.3) is 11.8 Å². The first-order valence-corrected chi connectivity index (χ1v) is 11.9. The van der Waals surface area contributed by atoms with Crippen molar-refractivity contribution in [1.82, 2.24) is 10.6 Å². The molecule has 4 rings (SSSR count). The minimum Gasteiger partial charge on any atom is -0.497 e. The summed E-state index contributed by atoms with van der Waals surface area (Å²) in [5, 5.41) is 62.5. The summed E-state index contributed by atoms with van der Waals surface area (Å²) >= 11 is 0. The van der Waals surface area contributed by atoms with E-state index in [-0.39, 0.29) is 11.1 Å². The quantitative estimate of drug-likeness (QED) is 0.118. The molecule has 40 heavy (non-hydrogen) atoms. The van der Waals surface area contributed by atoms with Crippen molar-refractivity contribution in [2.45, 2.75) is 35.5 Å². The van der Waals surface area contributed by atoms with Gasteiger partial charge in [0.15, 0.2) is 0 Å². The molecule has 2 aliphatic rings. The van der Waals surface area contributed by atoms with E-state index in [1.54, 1.807) is 0 Å². The van der Waals surface area contributed by atoms with Crippen LogP contribution in [-0.4, -0.2) is 117 Å². The number of hydrogen-bond acceptors (Lipinski definition) is 12. The van der Waals surface area contributed by atoms with Gasteiger partial charge in [0.1, 0.15) is 23.7 Å². The van der Waals surface area contributed by atoms with Crippen LogP contribution in [-0.2, 0) is 9.59 Å². The number of aliphatic hydroxyl groups excluding tert-OH is 4. The Hall–Kier alpha value is -3.92. The molecule has 0 saturated carbocycles. The molecule has 0 spiro atoms. The Labute approximate surface area is 227 Å². The highest BCUT2D eigenvalue weighted by molar-refractivity contribution is 6.19. The molecular weight excluding hydrogens is 532 g/mol. The van der Waals surface area contributed by atoms with Gasteiger partial charge in [-0.05, 0) is 48.5 Å². The van der Waals surface area contributed by atoms with Gasteiger partial charge in [-0.15, -0.1) is 0 Å². The van der Waals surface area contributed by atoms with Crippen molar-refractivity contribution in [2.75, 3.05) is 27.4 Å². The molecule has 0 aromatic heterocycles. The second-order valence-corrected chi connectivity index (χ2v) is 9.06. The molecule has 2 amide bonds. The van der Waals surface area contributed by atoms with Crippen molar-refractivity contribution in [2.24, 2.45) is 0 Å². The highest BCUT2D eigenvalue weighted by Gasteiger charge is 2.59. The van der Waals surface area contributed by atoms with Gasteiger partial charge in [0.2, 0.25) is 22.8 Å². The van der Waals surface area contributed by atoms with Crippen LogP contribution in [0.1, 0.15) is 20.7 Å². The van der Waals surface area contributed by atoms with E-state index < -0.39 is 72.1 Å². The molecular formula is C26H30N2O12. The van der Waals surface area contributed by atoms with E-state index in [4.69, 9.17) is 19.7 Å². The smallest absolute Gasteiger partial charge is 0.263 e. The first-order chi connectivity index (χ1) is 18.9. The van der Waals surface area contributed by atoms with Gasteiger partial charge in [-0.2, -0.15) is 0 Å². The number of nitrogens with one attached hydrogen (secondary N) is 2. The van der Waals surface area contributed by atoms with Gasteiger partial charge in [-0.25, -0.2) is 0 Å². The van der Waals surface area contributed by atoms with Crippen molar-refractivity contribution in [3.8, 4) is 11.5 Å². The first kappa shape index (κ1) is 30.6. The number of amides is 2. The van der Waals surface area contributed by atoms with Crippen molar-refractivity contribution in [3.05, 3.63) is 59.7 Å². The molecule has 216 valence electrons. The van der Waals surface area contributed by atoms with E-state index in [0.717, 1.165) is 0 Å². The second kappa shape index (κ2) is 12.1. The van der Waals surface area contributed by atoms with Crippen LogP contribution in [0.4, 0.5) is 0 Å². The van der Waals surface area contributed by atoms with Crippen LogP contribution < -0.4 is 20.1 Å². The molecule has 2 aliphatic heterocycles. The maximum atomic E-state index is 12.3. The molecule has 2 heterocycles. The molecule has 2 aromatic carbocycles. The number of ether oxygens (including phenoxy) is 2. The fourth-order valence-corrected chi connectivity index (χ4v) is 4.26. The molecule has 0 aliphatic carbocycles. The van der Waals surface area contributed by atoms with E-state index >= 15 is 0 Å². The second-order valence-electron chi connectivity index (χ2n) is 9.06. The summed E-state index contributed by atoms with van der Waals surface area (Å²) in [7, 11) is 2.93. The number of hydrogen-bond donors (Lipinski definition) is 8. The van der Waals surface area contributed by atoms with E-state index in [1.807, 2.05) is 0 Å². The van der Waals surface area contributed by atoms with Crippen LogP contribution in [0.2, 0.25) is 0 Å². The molecule has 2 aromatic rings. The molecule has 14 heteroatoms. The van der Waals surface area contributed by atoms with Gasteiger partial charge in [-0.3, -0.25) is 19.2 Å². The van der Waals surface area contributed by atoms with Gasteiger partial charge >= 0.3 is 0 Å². The van der Waals surface area contributed by atoms with Gasteiger partial charge in [-0.1, -0.05) is 0 Å². The van der Waals surface area contributed by atoms with E-state index in [9.17, 15) is 39.6 Å². The molecule has 0 bridgehead atoms. The molecule has 8 N–H and O–H groups in total. The Morgan fingerprint density at radius 3 is 1.23 bits per heavy atom. The standard InChI is InChI=1S/2C13H15NO6/c2*1-20-8-4-2-7(3-5-8)10(16)13(19)11(17)9(6-15)14-12(13)18/h2*2-5,9,11,15,17,19H,6H2,1H3,(H,14,18)/t2*9-,11-,13-/m11/s1. The normalized spacial score (nSPS) is 29.1. The predicted molar refractivity (Wildman–Crippen MR) is 135 cm³/mol. The maximum Gasteiger partial charge on any atom is 0.263 e. The summed E-state index contributed by atoms with van der Waals surface area (Å²) in [6, 6.07) is 9.37. The lowest BCUT2D eigenvalue weighted by molar-refractivity contribution is -0.136. The zero-order chi connectivity index (χ0) is 29.8. The molecule has 2 fully saturated rings. The summed E-state index contributed by atoms with van der Waals surface area (Å²) in [5.74, 6) is -2.88. The van der Waals surface area contributed by atoms with E-state index in [0.29, 0.717) is 11.5 Å². The SMILES string of the molecule is COc1ccc(C(=O)[C@]2(O)C(=O)N[C@H](CO)[C@H]2O)cc1.COc1ccc(C(=O)[C@]2(O)C(=O)N[C@H](CO)[C@H]2O)cc1. The fraction of sp³-hybridized carbons (Fsp3) is 0.385. The van der Waals surface area contributed by atoms with Gasteiger partial charge in [0, 0.05) is 11.1 Å².